The molecule has 2 aromatic rings. The van der Waals surface area contributed by atoms with Gasteiger partial charge in [-0.05, 0) is 36.6 Å². The van der Waals surface area contributed by atoms with Gasteiger partial charge in [0, 0.05) is 11.8 Å². The lowest BCUT2D eigenvalue weighted by atomic mass is 9.71. The molecule has 1 amide bonds. The van der Waals surface area contributed by atoms with Crippen LogP contribution in [-0.4, -0.2) is 49.6 Å². The van der Waals surface area contributed by atoms with E-state index >= 15 is 0 Å². The van der Waals surface area contributed by atoms with E-state index in [-0.39, 0.29) is 47.9 Å². The number of aliphatic hydroxyl groups excluding tert-OH is 1. The average molecular weight is 441 g/mol. The van der Waals surface area contributed by atoms with Gasteiger partial charge in [0.2, 0.25) is 5.91 Å². The molecule has 0 unspecified atom stereocenters. The first kappa shape index (κ1) is 20.5. The monoisotopic (exact) mass is 440 g/mol. The topological polar surface area (TPSA) is 77.9 Å². The van der Waals surface area contributed by atoms with E-state index < -0.39 is 10.0 Å². The van der Waals surface area contributed by atoms with Crippen molar-refractivity contribution in [3.05, 3.63) is 60.2 Å². The normalized spacial score (nSPS) is 26.0. The zero-order valence-corrected chi connectivity index (χ0v) is 18.2. The molecule has 31 heavy (non-hydrogen) atoms. The number of nitrogens with zero attached hydrogens (tertiary/aromatic N) is 2. The molecule has 1 N–H and O–H groups in total. The first-order valence-corrected chi connectivity index (χ1v) is 12.6. The van der Waals surface area contributed by atoms with Crippen LogP contribution < -0.4 is 4.31 Å². The van der Waals surface area contributed by atoms with Crippen molar-refractivity contribution in [2.45, 2.75) is 55.0 Å². The van der Waals surface area contributed by atoms with Crippen molar-refractivity contribution in [3.63, 3.8) is 0 Å². The van der Waals surface area contributed by atoms with E-state index in [9.17, 15) is 18.3 Å². The van der Waals surface area contributed by atoms with Gasteiger partial charge in [0.25, 0.3) is 10.0 Å². The molecule has 5 rings (SSSR count). The predicted molar refractivity (Wildman–Crippen MR) is 118 cm³/mol. The Morgan fingerprint density at radius 1 is 0.968 bits per heavy atom. The number of amides is 1. The van der Waals surface area contributed by atoms with Crippen molar-refractivity contribution in [3.8, 4) is 0 Å². The summed E-state index contributed by atoms with van der Waals surface area (Å²) in [4.78, 5) is 15.4. The van der Waals surface area contributed by atoms with Crippen LogP contribution in [-0.2, 0) is 14.8 Å². The van der Waals surface area contributed by atoms with Crippen molar-refractivity contribution in [1.82, 2.24) is 4.90 Å². The van der Waals surface area contributed by atoms with Gasteiger partial charge in [0.05, 0.1) is 35.8 Å². The summed E-state index contributed by atoms with van der Waals surface area (Å²) in [6.45, 7) is 0.104. The minimum atomic E-state index is -3.76. The molecule has 1 aliphatic carbocycles. The number of anilines is 1. The van der Waals surface area contributed by atoms with E-state index in [1.165, 1.54) is 4.31 Å². The summed E-state index contributed by atoms with van der Waals surface area (Å²) in [5.41, 5.74) is 1.54. The minimum Gasteiger partial charge on any atom is -0.394 e. The lowest BCUT2D eigenvalue weighted by Gasteiger charge is -2.59. The Morgan fingerprint density at radius 3 is 2.35 bits per heavy atom. The van der Waals surface area contributed by atoms with Gasteiger partial charge in [-0.15, -0.1) is 0 Å². The second kappa shape index (κ2) is 7.95. The van der Waals surface area contributed by atoms with E-state index in [1.54, 1.807) is 35.2 Å². The van der Waals surface area contributed by atoms with Crippen LogP contribution in [0.15, 0.2) is 59.5 Å². The Hall–Kier alpha value is -2.38. The SMILES string of the molecule is O=C(C1CCCCC1)N1[C@H](CO)[C@@H]2c3ccccc3N(S(=O)(=O)c3ccccc3)C[C@@H]21. The summed E-state index contributed by atoms with van der Waals surface area (Å²) < 4.78 is 28.5. The van der Waals surface area contributed by atoms with Crippen LogP contribution >= 0.6 is 0 Å². The number of para-hydroxylation sites is 1. The van der Waals surface area contributed by atoms with E-state index in [0.717, 1.165) is 37.7 Å². The Labute approximate surface area is 183 Å². The molecule has 2 aromatic carbocycles. The molecule has 164 valence electrons. The van der Waals surface area contributed by atoms with E-state index in [2.05, 4.69) is 0 Å². The van der Waals surface area contributed by atoms with Gasteiger partial charge >= 0.3 is 0 Å². The molecule has 2 fully saturated rings. The van der Waals surface area contributed by atoms with Gasteiger partial charge < -0.3 is 10.0 Å². The standard InChI is InChI=1S/C24H28N2O4S/c27-16-22-23-19-13-7-8-14-20(19)25(31(29,30)18-11-5-2-6-12-18)15-21(23)26(22)24(28)17-9-3-1-4-10-17/h2,5-8,11-14,17,21-23,27H,1,3-4,9-10,15-16H2/t21-,22+,23+/m0/s1. The van der Waals surface area contributed by atoms with Gasteiger partial charge in [-0.2, -0.15) is 0 Å². The molecular weight excluding hydrogens is 412 g/mol. The Balaban J connectivity index is 1.53. The van der Waals surface area contributed by atoms with Gasteiger partial charge in [-0.25, -0.2) is 8.42 Å². The zero-order chi connectivity index (χ0) is 21.6. The highest BCUT2D eigenvalue weighted by Gasteiger charge is 2.56. The van der Waals surface area contributed by atoms with Crippen LogP contribution in [0, 0.1) is 5.92 Å². The number of rotatable bonds is 4. The number of carbonyl (C=O) groups excluding carboxylic acids is 1. The highest BCUT2D eigenvalue weighted by Crippen LogP contribution is 2.50. The van der Waals surface area contributed by atoms with E-state index in [4.69, 9.17) is 0 Å². The molecule has 6 nitrogen and oxygen atoms in total. The Morgan fingerprint density at radius 2 is 1.65 bits per heavy atom. The Bertz CT molecular complexity index is 1070. The van der Waals surface area contributed by atoms with Crippen LogP contribution in [0.3, 0.4) is 0 Å². The van der Waals surface area contributed by atoms with Crippen molar-refractivity contribution < 1.29 is 18.3 Å². The van der Waals surface area contributed by atoms with Gasteiger partial charge in [-0.3, -0.25) is 9.10 Å². The molecule has 2 heterocycles. The van der Waals surface area contributed by atoms with Crippen molar-refractivity contribution >= 4 is 21.6 Å². The van der Waals surface area contributed by atoms with Crippen molar-refractivity contribution in [2.75, 3.05) is 17.5 Å². The molecule has 1 saturated carbocycles. The van der Waals surface area contributed by atoms with Gasteiger partial charge in [-0.1, -0.05) is 55.7 Å². The van der Waals surface area contributed by atoms with Crippen molar-refractivity contribution in [2.24, 2.45) is 5.92 Å². The fourth-order valence-corrected chi connectivity index (χ4v) is 7.19. The lowest BCUT2D eigenvalue weighted by Crippen LogP contribution is -2.71. The number of hydrogen-bond donors (Lipinski definition) is 1. The number of benzene rings is 2. The number of aliphatic hydroxyl groups is 1. The van der Waals surface area contributed by atoms with Gasteiger partial charge in [0.1, 0.15) is 0 Å². The largest absolute Gasteiger partial charge is 0.394 e. The van der Waals surface area contributed by atoms with Crippen LogP contribution in [0.2, 0.25) is 0 Å². The lowest BCUT2D eigenvalue weighted by molar-refractivity contribution is -0.156. The first-order valence-electron chi connectivity index (χ1n) is 11.1. The Kier molecular flexibility index (Phi) is 5.26. The van der Waals surface area contributed by atoms with E-state index in [1.807, 2.05) is 24.3 Å². The van der Waals surface area contributed by atoms with Crippen LogP contribution in [0.5, 0.6) is 0 Å². The fourth-order valence-electron chi connectivity index (χ4n) is 5.66. The summed E-state index contributed by atoms with van der Waals surface area (Å²) in [7, 11) is -3.76. The van der Waals surface area contributed by atoms with E-state index in [0.29, 0.717) is 5.69 Å². The third-order valence-electron chi connectivity index (χ3n) is 7.19. The maximum Gasteiger partial charge on any atom is 0.264 e. The van der Waals surface area contributed by atoms with Crippen LogP contribution in [0.1, 0.15) is 43.6 Å². The predicted octanol–water partition coefficient (Wildman–Crippen LogP) is 3.13. The highest BCUT2D eigenvalue weighted by molar-refractivity contribution is 7.92. The number of sulfonamides is 1. The highest BCUT2D eigenvalue weighted by atomic mass is 32.2. The minimum absolute atomic E-state index is 0.0138. The zero-order valence-electron chi connectivity index (χ0n) is 17.4. The maximum absolute atomic E-state index is 13.5. The molecule has 0 aromatic heterocycles. The summed E-state index contributed by atoms with van der Waals surface area (Å²) in [5, 5.41) is 10.1. The summed E-state index contributed by atoms with van der Waals surface area (Å²) in [5.74, 6) is 0.0208. The average Bonchev–Trinajstić information content (AvgIpc) is 2.80. The second-order valence-corrected chi connectivity index (χ2v) is 10.7. The number of hydrogen-bond acceptors (Lipinski definition) is 4. The quantitative estimate of drug-likeness (QED) is 0.792. The summed E-state index contributed by atoms with van der Waals surface area (Å²) in [6.07, 6.45) is 5.04. The molecule has 3 atom stereocenters. The van der Waals surface area contributed by atoms with Crippen LogP contribution in [0.4, 0.5) is 5.69 Å². The molecular formula is C24H28N2O4S. The smallest absolute Gasteiger partial charge is 0.264 e. The summed E-state index contributed by atoms with van der Waals surface area (Å²) >= 11 is 0. The third kappa shape index (κ3) is 3.26. The van der Waals surface area contributed by atoms with Crippen molar-refractivity contribution in [1.29, 1.82) is 0 Å². The summed E-state index contributed by atoms with van der Waals surface area (Å²) in [6, 6.07) is 15.4. The maximum atomic E-state index is 13.5. The fraction of sp³-hybridized carbons (Fsp3) is 0.458. The molecule has 2 aliphatic heterocycles. The second-order valence-electron chi connectivity index (χ2n) is 8.83. The number of fused-ring (bicyclic) bond motifs is 3. The van der Waals surface area contributed by atoms with Gasteiger partial charge in [0.15, 0.2) is 0 Å². The number of likely N-dealkylation sites (tertiary alicyclic amines) is 1. The molecule has 0 bridgehead atoms. The molecule has 1 saturated heterocycles. The molecule has 0 spiro atoms. The molecule has 0 radical (unpaired) electrons. The molecule has 3 aliphatic rings. The third-order valence-corrected chi connectivity index (χ3v) is 8.98. The first-order chi connectivity index (χ1) is 15.0. The number of carbonyl (C=O) groups is 1. The molecule has 7 heteroatoms. The van der Waals surface area contributed by atoms with Crippen LogP contribution in [0.25, 0.3) is 0 Å².